The van der Waals surface area contributed by atoms with Crippen molar-refractivity contribution in [3.8, 4) is 0 Å². The zero-order chi connectivity index (χ0) is 11.3. The molecule has 1 aromatic rings. The smallest absolute Gasteiger partial charge is 0.130 e. The number of aromatic nitrogens is 2. The summed E-state index contributed by atoms with van der Waals surface area (Å²) in [6, 6.07) is 1.80. The van der Waals surface area contributed by atoms with Crippen LogP contribution in [0.4, 0.5) is 5.82 Å². The van der Waals surface area contributed by atoms with Gasteiger partial charge in [0.2, 0.25) is 0 Å². The highest BCUT2D eigenvalue weighted by Gasteiger charge is 2.25. The van der Waals surface area contributed by atoms with Crippen molar-refractivity contribution < 1.29 is 5.11 Å². The molecule has 2 N–H and O–H groups in total. The molecule has 0 spiro atoms. The van der Waals surface area contributed by atoms with Crippen LogP contribution in [0.2, 0.25) is 0 Å². The van der Waals surface area contributed by atoms with Gasteiger partial charge >= 0.3 is 0 Å². The lowest BCUT2D eigenvalue weighted by Gasteiger charge is -2.31. The number of hydrogen-bond donors (Lipinski definition) is 2. The molecular weight excluding hydrogens is 258 g/mol. The van der Waals surface area contributed by atoms with E-state index in [1.54, 1.807) is 6.07 Å². The fourth-order valence-corrected chi connectivity index (χ4v) is 1.67. The molecule has 15 heavy (non-hydrogen) atoms. The minimum atomic E-state index is -0.284. The van der Waals surface area contributed by atoms with Crippen LogP contribution in [0, 0.1) is 0 Å². The summed E-state index contributed by atoms with van der Waals surface area (Å²) >= 11 is 3.28. The van der Waals surface area contributed by atoms with Gasteiger partial charge < -0.3 is 10.4 Å². The lowest BCUT2D eigenvalue weighted by atomic mass is 9.94. The Labute approximate surface area is 98.3 Å². The highest BCUT2D eigenvalue weighted by molar-refractivity contribution is 9.10. The molecule has 1 heterocycles. The van der Waals surface area contributed by atoms with Crippen molar-refractivity contribution in [2.45, 2.75) is 32.2 Å². The van der Waals surface area contributed by atoms with E-state index in [1.807, 2.05) is 13.8 Å². The fourth-order valence-electron chi connectivity index (χ4n) is 1.36. The predicted octanol–water partition coefficient (Wildman–Crippen LogP) is 2.20. The van der Waals surface area contributed by atoms with E-state index >= 15 is 0 Å². The van der Waals surface area contributed by atoms with Crippen molar-refractivity contribution in [3.05, 3.63) is 17.0 Å². The summed E-state index contributed by atoms with van der Waals surface area (Å²) in [5.41, 5.74) is -0.284. The van der Waals surface area contributed by atoms with Gasteiger partial charge in [0, 0.05) is 6.07 Å². The molecule has 0 bridgehead atoms. The van der Waals surface area contributed by atoms with Gasteiger partial charge in [-0.3, -0.25) is 0 Å². The first kappa shape index (κ1) is 12.4. The second kappa shape index (κ2) is 5.42. The second-order valence-electron chi connectivity index (χ2n) is 3.50. The van der Waals surface area contributed by atoms with Crippen LogP contribution in [-0.2, 0) is 0 Å². The molecule has 5 heteroatoms. The largest absolute Gasteiger partial charge is 0.394 e. The van der Waals surface area contributed by atoms with Gasteiger partial charge in [0.25, 0.3) is 0 Å². The van der Waals surface area contributed by atoms with Crippen LogP contribution < -0.4 is 5.32 Å². The first-order valence-electron chi connectivity index (χ1n) is 5.02. The predicted molar refractivity (Wildman–Crippen MR) is 63.8 cm³/mol. The molecular formula is C10H16BrN3O. The lowest BCUT2D eigenvalue weighted by molar-refractivity contribution is 0.202. The van der Waals surface area contributed by atoms with E-state index in [0.717, 1.165) is 23.3 Å². The maximum Gasteiger partial charge on any atom is 0.130 e. The molecule has 0 saturated heterocycles. The van der Waals surface area contributed by atoms with Crippen LogP contribution in [0.5, 0.6) is 0 Å². The summed E-state index contributed by atoms with van der Waals surface area (Å²) in [6.45, 7) is 4.19. The van der Waals surface area contributed by atoms with Crippen LogP contribution in [0.25, 0.3) is 0 Å². The number of anilines is 1. The molecule has 0 aliphatic carbocycles. The number of aliphatic hydroxyl groups is 1. The van der Waals surface area contributed by atoms with E-state index in [1.165, 1.54) is 6.33 Å². The van der Waals surface area contributed by atoms with Gasteiger partial charge in [-0.05, 0) is 28.8 Å². The standard InChI is InChI=1S/C10H16BrN3O/c1-3-10(4-2,6-15)14-9-5-8(11)12-7-13-9/h5,7,15H,3-4,6H2,1-2H3,(H,12,13,14). The van der Waals surface area contributed by atoms with Crippen molar-refractivity contribution in [2.24, 2.45) is 0 Å². The van der Waals surface area contributed by atoms with Gasteiger partial charge in [0.15, 0.2) is 0 Å². The van der Waals surface area contributed by atoms with E-state index in [-0.39, 0.29) is 12.1 Å². The van der Waals surface area contributed by atoms with Crippen LogP contribution in [0.15, 0.2) is 17.0 Å². The van der Waals surface area contributed by atoms with E-state index in [2.05, 4.69) is 31.2 Å². The number of nitrogens with one attached hydrogen (secondary N) is 1. The average molecular weight is 274 g/mol. The maximum absolute atomic E-state index is 9.39. The lowest BCUT2D eigenvalue weighted by Crippen LogP contribution is -2.41. The molecule has 0 aliphatic rings. The SMILES string of the molecule is CCC(CC)(CO)Nc1cc(Br)ncn1. The highest BCUT2D eigenvalue weighted by atomic mass is 79.9. The van der Waals surface area contributed by atoms with Crippen molar-refractivity contribution >= 4 is 21.7 Å². The molecule has 1 rings (SSSR count). The molecule has 0 amide bonds. The van der Waals surface area contributed by atoms with Gasteiger partial charge in [0.05, 0.1) is 12.1 Å². The Kier molecular flexibility index (Phi) is 4.47. The quantitative estimate of drug-likeness (QED) is 0.808. The molecule has 0 radical (unpaired) electrons. The van der Waals surface area contributed by atoms with E-state index in [9.17, 15) is 5.11 Å². The molecule has 0 aromatic carbocycles. The zero-order valence-electron chi connectivity index (χ0n) is 9.00. The third kappa shape index (κ3) is 3.14. The third-order valence-electron chi connectivity index (χ3n) is 2.68. The minimum absolute atomic E-state index is 0.0988. The van der Waals surface area contributed by atoms with Crippen molar-refractivity contribution in [3.63, 3.8) is 0 Å². The van der Waals surface area contributed by atoms with Gasteiger partial charge in [-0.1, -0.05) is 13.8 Å². The summed E-state index contributed by atoms with van der Waals surface area (Å²) in [7, 11) is 0. The van der Waals surface area contributed by atoms with Gasteiger partial charge in [-0.2, -0.15) is 0 Å². The Balaban J connectivity index is 2.82. The second-order valence-corrected chi connectivity index (χ2v) is 4.31. The molecule has 0 fully saturated rings. The Bertz CT molecular complexity index is 307. The molecule has 4 nitrogen and oxygen atoms in total. The highest BCUT2D eigenvalue weighted by Crippen LogP contribution is 2.21. The average Bonchev–Trinajstić information content (AvgIpc) is 2.26. The third-order valence-corrected chi connectivity index (χ3v) is 3.12. The van der Waals surface area contributed by atoms with Crippen molar-refractivity contribution in [2.75, 3.05) is 11.9 Å². The summed E-state index contributed by atoms with van der Waals surface area (Å²) in [5.74, 6) is 0.731. The van der Waals surface area contributed by atoms with Crippen LogP contribution in [0.3, 0.4) is 0 Å². The summed E-state index contributed by atoms with van der Waals surface area (Å²) in [5, 5.41) is 12.6. The van der Waals surface area contributed by atoms with Gasteiger partial charge in [-0.25, -0.2) is 9.97 Å². The maximum atomic E-state index is 9.39. The monoisotopic (exact) mass is 273 g/mol. The Morgan fingerprint density at radius 2 is 2.07 bits per heavy atom. The first-order chi connectivity index (χ1) is 7.15. The molecule has 1 aromatic heterocycles. The minimum Gasteiger partial charge on any atom is -0.394 e. The number of nitrogens with zero attached hydrogens (tertiary/aromatic N) is 2. The molecule has 0 unspecified atom stereocenters. The van der Waals surface area contributed by atoms with E-state index in [4.69, 9.17) is 0 Å². The summed E-state index contributed by atoms with van der Waals surface area (Å²) in [6.07, 6.45) is 3.18. The molecule has 0 saturated carbocycles. The van der Waals surface area contributed by atoms with Crippen LogP contribution >= 0.6 is 15.9 Å². The Hall–Kier alpha value is -0.680. The topological polar surface area (TPSA) is 58.0 Å². The van der Waals surface area contributed by atoms with Crippen LogP contribution in [-0.4, -0.2) is 27.2 Å². The number of rotatable bonds is 5. The Morgan fingerprint density at radius 1 is 1.40 bits per heavy atom. The van der Waals surface area contributed by atoms with Crippen molar-refractivity contribution in [1.82, 2.24) is 9.97 Å². The van der Waals surface area contributed by atoms with Gasteiger partial charge in [0.1, 0.15) is 16.7 Å². The molecule has 84 valence electrons. The van der Waals surface area contributed by atoms with E-state index in [0.29, 0.717) is 0 Å². The Morgan fingerprint density at radius 3 is 2.53 bits per heavy atom. The summed E-state index contributed by atoms with van der Waals surface area (Å²) in [4.78, 5) is 8.06. The van der Waals surface area contributed by atoms with E-state index < -0.39 is 0 Å². The first-order valence-corrected chi connectivity index (χ1v) is 5.81. The normalized spacial score (nSPS) is 11.5. The number of halogens is 1. The number of hydrogen-bond acceptors (Lipinski definition) is 4. The van der Waals surface area contributed by atoms with Crippen LogP contribution in [0.1, 0.15) is 26.7 Å². The zero-order valence-corrected chi connectivity index (χ0v) is 10.6. The van der Waals surface area contributed by atoms with Crippen molar-refractivity contribution in [1.29, 1.82) is 0 Å². The molecule has 0 atom stereocenters. The molecule has 0 aliphatic heterocycles. The van der Waals surface area contributed by atoms with Gasteiger partial charge in [-0.15, -0.1) is 0 Å². The fraction of sp³-hybridized carbons (Fsp3) is 0.600. The summed E-state index contributed by atoms with van der Waals surface area (Å²) < 4.78 is 0.735. The number of aliphatic hydroxyl groups excluding tert-OH is 1.